The lowest BCUT2D eigenvalue weighted by Gasteiger charge is -2.13. The van der Waals surface area contributed by atoms with Gasteiger partial charge in [-0.1, -0.05) is 12.8 Å². The number of hydrogen-bond acceptors (Lipinski definition) is 4. The first-order valence-corrected chi connectivity index (χ1v) is 9.06. The van der Waals surface area contributed by atoms with E-state index in [0.29, 0.717) is 22.7 Å². The van der Waals surface area contributed by atoms with Gasteiger partial charge in [-0.05, 0) is 55.0 Å². The Labute approximate surface area is 156 Å². The molecule has 1 aromatic carbocycles. The number of methoxy groups -OCH3 is 1. The third kappa shape index (κ3) is 2.72. The monoisotopic (exact) mass is 367 g/mol. The van der Waals surface area contributed by atoms with E-state index in [0.717, 1.165) is 47.8 Å². The molecule has 0 spiro atoms. The Balaban J connectivity index is 2.13. The van der Waals surface area contributed by atoms with E-state index in [1.165, 1.54) is 11.7 Å². The van der Waals surface area contributed by atoms with Crippen LogP contribution < -0.4 is 0 Å². The molecule has 1 N–H and O–H groups in total. The van der Waals surface area contributed by atoms with Gasteiger partial charge >= 0.3 is 12.1 Å². The second-order valence-corrected chi connectivity index (χ2v) is 7.05. The van der Waals surface area contributed by atoms with Crippen LogP contribution in [-0.4, -0.2) is 28.8 Å². The Kier molecular flexibility index (Phi) is 4.26. The van der Waals surface area contributed by atoms with Gasteiger partial charge in [0.05, 0.1) is 36.4 Å². The molecule has 0 radical (unpaired) electrons. The summed E-state index contributed by atoms with van der Waals surface area (Å²) >= 11 is 0. The number of carbonyl (C=O) groups is 2. The maximum absolute atomic E-state index is 12.2. The van der Waals surface area contributed by atoms with Crippen LogP contribution in [-0.2, 0) is 4.74 Å². The third-order valence-corrected chi connectivity index (χ3v) is 5.47. The first-order chi connectivity index (χ1) is 13.0. The number of aromatic nitrogens is 1. The number of furan rings is 1. The largest absolute Gasteiger partial charge is 0.472 e. The molecule has 0 unspecified atom stereocenters. The molecule has 6 nitrogen and oxygen atoms in total. The summed E-state index contributed by atoms with van der Waals surface area (Å²) < 4.78 is 11.4. The minimum atomic E-state index is -1.08. The number of hydrogen-bond donors (Lipinski definition) is 1. The van der Waals surface area contributed by atoms with Gasteiger partial charge in [0, 0.05) is 10.9 Å². The predicted molar refractivity (Wildman–Crippen MR) is 100 cm³/mol. The van der Waals surface area contributed by atoms with Gasteiger partial charge in [0.1, 0.15) is 0 Å². The summed E-state index contributed by atoms with van der Waals surface area (Å²) in [6.45, 7) is 1.92. The standard InChI is InChI=1S/C21H21NO5/c1-12-9-15(20(23)26-2)10-16-17(12)18(13-5-3-4-6-13)19(22(16)21(24)25)14-7-8-27-11-14/h7-11,13H,3-6H2,1-2H3,(H,24,25). The number of ether oxygens (including phenoxy) is 1. The molecule has 1 aliphatic carbocycles. The SMILES string of the molecule is COC(=O)c1cc(C)c2c(C3CCCC3)c(-c3ccoc3)n(C(=O)O)c2c1. The van der Waals surface area contributed by atoms with Gasteiger partial charge in [0.2, 0.25) is 0 Å². The summed E-state index contributed by atoms with van der Waals surface area (Å²) in [6, 6.07) is 5.17. The quantitative estimate of drug-likeness (QED) is 0.645. The normalized spacial score (nSPS) is 14.7. The molecule has 2 heterocycles. The van der Waals surface area contributed by atoms with Crippen LogP contribution in [0.5, 0.6) is 0 Å². The number of benzene rings is 1. The molecule has 3 aromatic rings. The number of rotatable bonds is 3. The van der Waals surface area contributed by atoms with Gasteiger partial charge in [0.15, 0.2) is 0 Å². The summed E-state index contributed by atoms with van der Waals surface area (Å²) in [4.78, 5) is 24.3. The first kappa shape index (κ1) is 17.4. The Morgan fingerprint density at radius 3 is 2.59 bits per heavy atom. The average molecular weight is 367 g/mol. The van der Waals surface area contributed by atoms with E-state index < -0.39 is 12.1 Å². The van der Waals surface area contributed by atoms with E-state index in [-0.39, 0.29) is 0 Å². The van der Waals surface area contributed by atoms with Crippen LogP contribution >= 0.6 is 0 Å². The Hall–Kier alpha value is -3.02. The number of carboxylic acid groups (broad SMARTS) is 1. The highest BCUT2D eigenvalue weighted by Crippen LogP contribution is 2.46. The second kappa shape index (κ2) is 6.61. The topological polar surface area (TPSA) is 81.7 Å². The molecule has 0 aliphatic heterocycles. The van der Waals surface area contributed by atoms with Crippen LogP contribution in [0, 0.1) is 6.92 Å². The molecule has 27 heavy (non-hydrogen) atoms. The van der Waals surface area contributed by atoms with Crippen LogP contribution in [0.25, 0.3) is 22.2 Å². The van der Waals surface area contributed by atoms with Gasteiger partial charge < -0.3 is 14.3 Å². The van der Waals surface area contributed by atoms with Crippen molar-refractivity contribution in [1.82, 2.24) is 4.57 Å². The van der Waals surface area contributed by atoms with E-state index in [9.17, 15) is 14.7 Å². The minimum absolute atomic E-state index is 0.292. The fraction of sp³-hybridized carbons (Fsp3) is 0.333. The number of carbonyl (C=O) groups excluding carboxylic acids is 1. The molecule has 0 atom stereocenters. The van der Waals surface area contributed by atoms with E-state index in [1.807, 2.05) is 6.92 Å². The predicted octanol–water partition coefficient (Wildman–Crippen LogP) is 5.18. The molecule has 1 saturated carbocycles. The molecule has 140 valence electrons. The van der Waals surface area contributed by atoms with E-state index >= 15 is 0 Å². The maximum Gasteiger partial charge on any atom is 0.416 e. The molecule has 1 aliphatic rings. The molecular weight excluding hydrogens is 346 g/mol. The Morgan fingerprint density at radius 2 is 2.00 bits per heavy atom. The van der Waals surface area contributed by atoms with Crippen LogP contribution in [0.2, 0.25) is 0 Å². The summed E-state index contributed by atoms with van der Waals surface area (Å²) in [5.41, 5.74) is 4.15. The zero-order valence-electron chi connectivity index (χ0n) is 15.3. The molecule has 4 rings (SSSR count). The summed E-state index contributed by atoms with van der Waals surface area (Å²) in [5.74, 6) is -0.189. The average Bonchev–Trinajstić information content (AvgIpc) is 3.38. The van der Waals surface area contributed by atoms with Crippen LogP contribution in [0.3, 0.4) is 0 Å². The third-order valence-electron chi connectivity index (χ3n) is 5.47. The Bertz CT molecular complexity index is 1020. The highest BCUT2D eigenvalue weighted by atomic mass is 16.5. The van der Waals surface area contributed by atoms with E-state index in [1.54, 1.807) is 30.7 Å². The molecule has 2 aromatic heterocycles. The molecule has 0 bridgehead atoms. The van der Waals surface area contributed by atoms with Crippen molar-refractivity contribution >= 4 is 23.0 Å². The molecule has 0 saturated heterocycles. The summed E-state index contributed by atoms with van der Waals surface area (Å²) in [7, 11) is 1.32. The van der Waals surface area contributed by atoms with Crippen molar-refractivity contribution in [3.8, 4) is 11.3 Å². The van der Waals surface area contributed by atoms with Gasteiger partial charge in [-0.2, -0.15) is 0 Å². The van der Waals surface area contributed by atoms with E-state index in [4.69, 9.17) is 9.15 Å². The number of fused-ring (bicyclic) bond motifs is 1. The second-order valence-electron chi connectivity index (χ2n) is 7.05. The highest BCUT2D eigenvalue weighted by molar-refractivity contribution is 6.04. The first-order valence-electron chi connectivity index (χ1n) is 9.06. The van der Waals surface area contributed by atoms with Crippen molar-refractivity contribution in [2.75, 3.05) is 7.11 Å². The van der Waals surface area contributed by atoms with Crippen molar-refractivity contribution < 1.29 is 23.8 Å². The lowest BCUT2D eigenvalue weighted by atomic mass is 9.90. The molecule has 6 heteroatoms. The zero-order chi connectivity index (χ0) is 19.1. The smallest absolute Gasteiger partial charge is 0.416 e. The van der Waals surface area contributed by atoms with Crippen molar-refractivity contribution in [1.29, 1.82) is 0 Å². The lowest BCUT2D eigenvalue weighted by molar-refractivity contribution is 0.0600. The number of esters is 1. The fourth-order valence-corrected chi connectivity index (χ4v) is 4.38. The van der Waals surface area contributed by atoms with Gasteiger partial charge in [-0.25, -0.2) is 14.2 Å². The van der Waals surface area contributed by atoms with Gasteiger partial charge in [-0.15, -0.1) is 0 Å². The highest BCUT2D eigenvalue weighted by Gasteiger charge is 2.31. The Morgan fingerprint density at radius 1 is 1.26 bits per heavy atom. The van der Waals surface area contributed by atoms with Crippen molar-refractivity contribution in [2.45, 2.75) is 38.5 Å². The fourth-order valence-electron chi connectivity index (χ4n) is 4.38. The maximum atomic E-state index is 12.2. The summed E-state index contributed by atoms with van der Waals surface area (Å²) in [5, 5.41) is 10.9. The van der Waals surface area contributed by atoms with Crippen LogP contribution in [0.15, 0.2) is 35.1 Å². The van der Waals surface area contributed by atoms with Crippen LogP contribution in [0.4, 0.5) is 4.79 Å². The van der Waals surface area contributed by atoms with Gasteiger partial charge in [0.25, 0.3) is 0 Å². The van der Waals surface area contributed by atoms with Crippen molar-refractivity contribution in [2.24, 2.45) is 0 Å². The van der Waals surface area contributed by atoms with E-state index in [2.05, 4.69) is 0 Å². The van der Waals surface area contributed by atoms with Crippen molar-refractivity contribution in [3.63, 3.8) is 0 Å². The molecular formula is C21H21NO5. The number of nitrogens with zero attached hydrogens (tertiary/aromatic N) is 1. The summed E-state index contributed by atoms with van der Waals surface area (Å²) in [6.07, 6.45) is 6.36. The van der Waals surface area contributed by atoms with Crippen molar-refractivity contribution in [3.05, 3.63) is 47.4 Å². The molecule has 0 amide bonds. The lowest BCUT2D eigenvalue weighted by Crippen LogP contribution is -2.10. The van der Waals surface area contributed by atoms with Gasteiger partial charge in [-0.3, -0.25) is 0 Å². The molecule has 1 fully saturated rings. The van der Waals surface area contributed by atoms with Crippen LogP contribution in [0.1, 0.15) is 53.1 Å². The minimum Gasteiger partial charge on any atom is -0.472 e. The number of aryl methyl sites for hydroxylation is 1. The zero-order valence-corrected chi connectivity index (χ0v) is 15.3.